The minimum Gasteiger partial charge on any atom is -0.348 e. The number of hydrogen-bond acceptors (Lipinski definition) is 6. The molecule has 1 amide bonds. The summed E-state index contributed by atoms with van der Waals surface area (Å²) < 4.78 is 2.99. The lowest BCUT2D eigenvalue weighted by Gasteiger charge is -2.15. The Hall–Kier alpha value is -3.56. The van der Waals surface area contributed by atoms with Crippen LogP contribution in [0.5, 0.6) is 0 Å². The molecule has 2 aromatic heterocycles. The molecule has 1 N–H and O–H groups in total. The highest BCUT2D eigenvalue weighted by molar-refractivity contribution is 5.76. The zero-order valence-corrected chi connectivity index (χ0v) is 15.2. The van der Waals surface area contributed by atoms with Gasteiger partial charge < -0.3 is 5.32 Å². The van der Waals surface area contributed by atoms with Gasteiger partial charge in [-0.1, -0.05) is 12.1 Å². The third-order valence-electron chi connectivity index (χ3n) is 4.27. The van der Waals surface area contributed by atoms with Crippen LogP contribution in [-0.2, 0) is 11.3 Å². The van der Waals surface area contributed by atoms with Gasteiger partial charge in [0.25, 0.3) is 0 Å². The SMILES string of the molecule is Cc1nn(CC(=O)NC(C)c2ccc(-n3cncn3)cc2)c(C)c1[N+](=O)[O-]. The Labute approximate surface area is 155 Å². The van der Waals surface area contributed by atoms with E-state index in [0.717, 1.165) is 11.3 Å². The number of carbonyl (C=O) groups is 1. The molecule has 0 aliphatic rings. The summed E-state index contributed by atoms with van der Waals surface area (Å²) in [5, 5.41) is 22.1. The topological polar surface area (TPSA) is 121 Å². The molecule has 1 unspecified atom stereocenters. The summed E-state index contributed by atoms with van der Waals surface area (Å²) in [6, 6.07) is 7.34. The van der Waals surface area contributed by atoms with Crippen LogP contribution in [0, 0.1) is 24.0 Å². The van der Waals surface area contributed by atoms with E-state index in [2.05, 4.69) is 20.5 Å². The lowest BCUT2D eigenvalue weighted by atomic mass is 10.1. The Morgan fingerprint density at radius 3 is 2.56 bits per heavy atom. The molecule has 0 saturated carbocycles. The van der Waals surface area contributed by atoms with Crippen LogP contribution in [0.15, 0.2) is 36.9 Å². The van der Waals surface area contributed by atoms with Gasteiger partial charge in [0.15, 0.2) is 0 Å². The first-order valence-corrected chi connectivity index (χ1v) is 8.29. The van der Waals surface area contributed by atoms with E-state index in [1.165, 1.54) is 11.0 Å². The van der Waals surface area contributed by atoms with Crippen molar-refractivity contribution in [3.05, 3.63) is 64.0 Å². The highest BCUT2D eigenvalue weighted by Crippen LogP contribution is 2.21. The van der Waals surface area contributed by atoms with Crippen molar-refractivity contribution in [3.63, 3.8) is 0 Å². The first kappa shape index (κ1) is 18.2. The molecule has 3 aromatic rings. The maximum atomic E-state index is 12.3. The van der Waals surface area contributed by atoms with Gasteiger partial charge in [0.1, 0.15) is 30.6 Å². The predicted octanol–water partition coefficient (Wildman–Crippen LogP) is 1.87. The zero-order valence-electron chi connectivity index (χ0n) is 15.2. The molecule has 0 aliphatic heterocycles. The Balaban J connectivity index is 1.66. The first-order chi connectivity index (χ1) is 12.9. The highest BCUT2D eigenvalue weighted by atomic mass is 16.6. The normalized spacial score (nSPS) is 12.0. The molecule has 10 heteroatoms. The fraction of sp³-hybridized carbons (Fsp3) is 0.294. The molecule has 27 heavy (non-hydrogen) atoms. The van der Waals surface area contributed by atoms with Gasteiger partial charge in [-0.2, -0.15) is 10.2 Å². The summed E-state index contributed by atoms with van der Waals surface area (Å²) in [7, 11) is 0. The van der Waals surface area contributed by atoms with Crippen LogP contribution in [0.4, 0.5) is 5.69 Å². The van der Waals surface area contributed by atoms with Crippen molar-refractivity contribution >= 4 is 11.6 Å². The third-order valence-corrected chi connectivity index (χ3v) is 4.27. The molecule has 1 atom stereocenters. The van der Waals surface area contributed by atoms with Crippen molar-refractivity contribution in [2.24, 2.45) is 0 Å². The van der Waals surface area contributed by atoms with Crippen molar-refractivity contribution in [2.75, 3.05) is 0 Å². The number of nitrogens with one attached hydrogen (secondary N) is 1. The van der Waals surface area contributed by atoms with Gasteiger partial charge in [0, 0.05) is 0 Å². The van der Waals surface area contributed by atoms with Gasteiger partial charge in [-0.25, -0.2) is 9.67 Å². The number of amides is 1. The molecule has 3 rings (SSSR count). The van der Waals surface area contributed by atoms with Gasteiger partial charge in [-0.15, -0.1) is 0 Å². The second-order valence-electron chi connectivity index (χ2n) is 6.15. The number of nitrogens with zero attached hydrogens (tertiary/aromatic N) is 6. The maximum absolute atomic E-state index is 12.3. The Morgan fingerprint density at radius 1 is 1.30 bits per heavy atom. The third kappa shape index (κ3) is 3.84. The maximum Gasteiger partial charge on any atom is 0.312 e. The van der Waals surface area contributed by atoms with Crippen LogP contribution >= 0.6 is 0 Å². The second kappa shape index (κ2) is 7.36. The molecule has 1 aromatic carbocycles. The Kier molecular flexibility index (Phi) is 4.97. The number of aromatic nitrogens is 5. The highest BCUT2D eigenvalue weighted by Gasteiger charge is 2.23. The van der Waals surface area contributed by atoms with E-state index in [9.17, 15) is 14.9 Å². The van der Waals surface area contributed by atoms with E-state index in [1.807, 2.05) is 31.2 Å². The van der Waals surface area contributed by atoms with Crippen molar-refractivity contribution in [2.45, 2.75) is 33.4 Å². The fourth-order valence-electron chi connectivity index (χ4n) is 2.87. The number of nitro groups is 1. The van der Waals surface area contributed by atoms with E-state index in [0.29, 0.717) is 11.4 Å². The van der Waals surface area contributed by atoms with Crippen molar-refractivity contribution in [1.82, 2.24) is 29.9 Å². The van der Waals surface area contributed by atoms with Crippen molar-refractivity contribution in [3.8, 4) is 5.69 Å². The van der Waals surface area contributed by atoms with E-state index < -0.39 is 4.92 Å². The Morgan fingerprint density at radius 2 is 2.00 bits per heavy atom. The minimum absolute atomic E-state index is 0.0560. The van der Waals surface area contributed by atoms with Gasteiger partial charge in [-0.05, 0) is 38.5 Å². The lowest BCUT2D eigenvalue weighted by Crippen LogP contribution is -2.30. The van der Waals surface area contributed by atoms with Crippen LogP contribution in [0.2, 0.25) is 0 Å². The van der Waals surface area contributed by atoms with Gasteiger partial charge in [0.05, 0.1) is 16.7 Å². The predicted molar refractivity (Wildman–Crippen MR) is 96.3 cm³/mol. The molecule has 0 fully saturated rings. The van der Waals surface area contributed by atoms with Crippen LogP contribution < -0.4 is 5.32 Å². The monoisotopic (exact) mass is 369 g/mol. The molecule has 0 aliphatic carbocycles. The lowest BCUT2D eigenvalue weighted by molar-refractivity contribution is -0.386. The summed E-state index contributed by atoms with van der Waals surface area (Å²) in [5.41, 5.74) is 2.38. The minimum atomic E-state index is -0.481. The molecule has 0 radical (unpaired) electrons. The van der Waals surface area contributed by atoms with Gasteiger partial charge in [0.2, 0.25) is 5.91 Å². The van der Waals surface area contributed by atoms with Crippen LogP contribution in [0.25, 0.3) is 5.69 Å². The van der Waals surface area contributed by atoms with Crippen LogP contribution in [0.3, 0.4) is 0 Å². The average Bonchev–Trinajstić information content (AvgIpc) is 3.23. The standard InChI is InChI=1S/C17H19N7O3/c1-11(14-4-6-15(7-5-14)23-10-18-9-19-23)20-16(25)8-22-13(3)17(24(26)27)12(2)21-22/h4-7,9-11H,8H2,1-3H3,(H,20,25). The molecule has 0 bridgehead atoms. The quantitative estimate of drug-likeness (QED) is 0.523. The molecule has 0 saturated heterocycles. The van der Waals surface area contributed by atoms with E-state index in [1.54, 1.807) is 24.9 Å². The number of aryl methyl sites for hydroxylation is 1. The largest absolute Gasteiger partial charge is 0.348 e. The molecule has 10 nitrogen and oxygen atoms in total. The van der Waals surface area contributed by atoms with E-state index in [-0.39, 0.29) is 24.2 Å². The molecule has 0 spiro atoms. The zero-order chi connectivity index (χ0) is 19.6. The van der Waals surface area contributed by atoms with Crippen molar-refractivity contribution < 1.29 is 9.72 Å². The summed E-state index contributed by atoms with van der Waals surface area (Å²) in [6.07, 6.45) is 3.06. The molecular formula is C17H19N7O3. The second-order valence-corrected chi connectivity index (χ2v) is 6.15. The number of rotatable bonds is 6. The summed E-state index contributed by atoms with van der Waals surface area (Å²) in [6.45, 7) is 4.92. The summed E-state index contributed by atoms with van der Waals surface area (Å²) in [4.78, 5) is 26.8. The molecular weight excluding hydrogens is 350 g/mol. The van der Waals surface area contributed by atoms with Gasteiger partial charge >= 0.3 is 5.69 Å². The van der Waals surface area contributed by atoms with Crippen LogP contribution in [-0.4, -0.2) is 35.4 Å². The summed E-state index contributed by atoms with van der Waals surface area (Å²) >= 11 is 0. The first-order valence-electron chi connectivity index (χ1n) is 8.29. The van der Waals surface area contributed by atoms with Crippen molar-refractivity contribution in [1.29, 1.82) is 0 Å². The fourth-order valence-corrected chi connectivity index (χ4v) is 2.87. The van der Waals surface area contributed by atoms with E-state index in [4.69, 9.17) is 0 Å². The summed E-state index contributed by atoms with van der Waals surface area (Å²) in [5.74, 6) is -0.275. The average molecular weight is 369 g/mol. The smallest absolute Gasteiger partial charge is 0.312 e. The van der Waals surface area contributed by atoms with Gasteiger partial charge in [-0.3, -0.25) is 19.6 Å². The Bertz CT molecular complexity index is 961. The number of benzene rings is 1. The molecule has 2 heterocycles. The van der Waals surface area contributed by atoms with E-state index >= 15 is 0 Å². The molecule has 140 valence electrons. The number of hydrogen-bond donors (Lipinski definition) is 1. The number of carbonyl (C=O) groups excluding carboxylic acids is 1. The van der Waals surface area contributed by atoms with Crippen LogP contribution in [0.1, 0.15) is 29.9 Å².